The Kier molecular flexibility index (Phi) is 4.02. The van der Waals surface area contributed by atoms with Crippen LogP contribution in [0.4, 0.5) is 4.79 Å². The minimum atomic E-state index is -0.347. The molecule has 21 heavy (non-hydrogen) atoms. The summed E-state index contributed by atoms with van der Waals surface area (Å²) in [4.78, 5) is 15.1. The van der Waals surface area contributed by atoms with Gasteiger partial charge in [-0.15, -0.1) is 0 Å². The third-order valence-corrected chi connectivity index (χ3v) is 3.46. The molecule has 0 saturated carbocycles. The molecule has 1 fully saturated rings. The van der Waals surface area contributed by atoms with Gasteiger partial charge in [0.2, 0.25) is 0 Å². The molecule has 0 atom stereocenters. The van der Waals surface area contributed by atoms with Gasteiger partial charge >= 0.3 is 6.03 Å². The molecule has 1 aliphatic rings. The highest BCUT2D eigenvalue weighted by Gasteiger charge is 2.14. The van der Waals surface area contributed by atoms with E-state index in [1.54, 1.807) is 0 Å². The minimum absolute atomic E-state index is 0.233. The van der Waals surface area contributed by atoms with Gasteiger partial charge in [-0.25, -0.2) is 15.6 Å². The van der Waals surface area contributed by atoms with Crippen molar-refractivity contribution in [3.63, 3.8) is 0 Å². The Balaban J connectivity index is 1.54. The number of fused-ring (bicyclic) bond motifs is 1. The van der Waals surface area contributed by atoms with Crippen LogP contribution in [0, 0.1) is 6.92 Å². The maximum absolute atomic E-state index is 11.7. The molecule has 2 heterocycles. The van der Waals surface area contributed by atoms with Crippen molar-refractivity contribution >= 4 is 16.9 Å². The van der Waals surface area contributed by atoms with Gasteiger partial charge in [-0.05, 0) is 25.0 Å². The third kappa shape index (κ3) is 3.14. The van der Waals surface area contributed by atoms with Crippen LogP contribution in [0.1, 0.15) is 11.3 Å². The van der Waals surface area contributed by atoms with Crippen LogP contribution in [0.2, 0.25) is 0 Å². The number of carbonyl (C=O) groups is 1. The summed E-state index contributed by atoms with van der Waals surface area (Å²) in [6.07, 6.45) is 0.436. The average molecular weight is 289 g/mol. The van der Waals surface area contributed by atoms with Crippen LogP contribution in [-0.4, -0.2) is 23.8 Å². The summed E-state index contributed by atoms with van der Waals surface area (Å²) in [5.41, 5.74) is 14.3. The van der Waals surface area contributed by atoms with Crippen LogP contribution in [-0.2, 0) is 6.42 Å². The number of aromatic nitrogens is 1. The number of rotatable bonds is 4. The fraction of sp³-hybridized carbons (Fsp3) is 0.308. The second-order valence-electron chi connectivity index (χ2n) is 4.90. The first-order valence-corrected chi connectivity index (χ1v) is 6.85. The molecule has 0 radical (unpaired) electrons. The lowest BCUT2D eigenvalue weighted by Gasteiger charge is -2.12. The zero-order valence-corrected chi connectivity index (χ0v) is 11.7. The van der Waals surface area contributed by atoms with E-state index in [0.717, 1.165) is 17.6 Å². The van der Waals surface area contributed by atoms with Crippen molar-refractivity contribution in [3.8, 4) is 0 Å². The number of carbonyl (C=O) groups excluding carboxylic acids is 1. The number of hydrogen-bond acceptors (Lipinski definition) is 5. The van der Waals surface area contributed by atoms with Crippen molar-refractivity contribution < 1.29 is 4.79 Å². The van der Waals surface area contributed by atoms with E-state index in [4.69, 9.17) is 0 Å². The standard InChI is InChI=1S/C13H19N7O/c1-8-9(10-4-2-3-5-11(10)15-8)6-7-14-13(21)16-12-17-19-20-18-12/h2-5,12,15,17-20H,6-7H2,1H3,(H2,14,16,21). The van der Waals surface area contributed by atoms with Gasteiger partial charge in [0.25, 0.3) is 0 Å². The number of hydrazine groups is 3. The molecule has 8 nitrogen and oxygen atoms in total. The second kappa shape index (κ2) is 6.10. The summed E-state index contributed by atoms with van der Waals surface area (Å²) in [6.45, 7) is 2.63. The highest BCUT2D eigenvalue weighted by Crippen LogP contribution is 2.21. The Morgan fingerprint density at radius 1 is 1.24 bits per heavy atom. The van der Waals surface area contributed by atoms with Crippen molar-refractivity contribution in [1.82, 2.24) is 37.5 Å². The molecule has 7 N–H and O–H groups in total. The first-order chi connectivity index (χ1) is 10.2. The van der Waals surface area contributed by atoms with Gasteiger partial charge in [-0.1, -0.05) is 18.2 Å². The van der Waals surface area contributed by atoms with Crippen LogP contribution >= 0.6 is 0 Å². The summed E-state index contributed by atoms with van der Waals surface area (Å²) in [5.74, 6) is 0. The Bertz CT molecular complexity index is 632. The number of aromatic amines is 1. The molecule has 1 aromatic heterocycles. The third-order valence-electron chi connectivity index (χ3n) is 3.46. The first kappa shape index (κ1) is 13.8. The van der Waals surface area contributed by atoms with Gasteiger partial charge in [0.05, 0.1) is 0 Å². The van der Waals surface area contributed by atoms with Crippen molar-refractivity contribution in [2.24, 2.45) is 0 Å². The Hall–Kier alpha value is -2.13. The highest BCUT2D eigenvalue weighted by molar-refractivity contribution is 5.84. The number of aryl methyl sites for hydroxylation is 1. The lowest BCUT2D eigenvalue weighted by atomic mass is 10.1. The van der Waals surface area contributed by atoms with Gasteiger partial charge in [0.15, 0.2) is 6.29 Å². The fourth-order valence-corrected chi connectivity index (χ4v) is 2.46. The molecule has 3 rings (SSSR count). The number of H-pyrrole nitrogens is 1. The normalized spacial score (nSPS) is 15.5. The number of amides is 2. The van der Waals surface area contributed by atoms with Crippen molar-refractivity contribution in [3.05, 3.63) is 35.5 Å². The fourth-order valence-electron chi connectivity index (χ4n) is 2.46. The summed E-state index contributed by atoms with van der Waals surface area (Å²) < 4.78 is 0. The van der Waals surface area contributed by atoms with E-state index in [1.807, 2.05) is 12.1 Å². The molecule has 1 aliphatic heterocycles. The maximum atomic E-state index is 11.7. The lowest BCUT2D eigenvalue weighted by molar-refractivity contribution is 0.233. The monoisotopic (exact) mass is 289 g/mol. The van der Waals surface area contributed by atoms with Gasteiger partial charge in [0, 0.05) is 23.1 Å². The van der Waals surface area contributed by atoms with Gasteiger partial charge in [-0.2, -0.15) is 11.1 Å². The van der Waals surface area contributed by atoms with E-state index < -0.39 is 0 Å². The predicted octanol–water partition coefficient (Wildman–Crippen LogP) is -0.281. The number of hydrogen-bond donors (Lipinski definition) is 7. The van der Waals surface area contributed by atoms with E-state index in [2.05, 4.69) is 56.6 Å². The molecule has 8 heteroatoms. The maximum Gasteiger partial charge on any atom is 0.317 e. The van der Waals surface area contributed by atoms with Gasteiger partial charge < -0.3 is 15.6 Å². The summed E-state index contributed by atoms with van der Waals surface area (Å²) >= 11 is 0. The lowest BCUT2D eigenvalue weighted by Crippen LogP contribution is -2.53. The SMILES string of the molecule is Cc1[nH]c2ccccc2c1CCNC(=O)NC1NNNN1. The van der Waals surface area contributed by atoms with Crippen LogP contribution in [0.25, 0.3) is 10.9 Å². The number of benzene rings is 1. The molecule has 2 amide bonds. The number of nitrogens with one attached hydrogen (secondary N) is 7. The highest BCUT2D eigenvalue weighted by atomic mass is 16.2. The molecule has 2 aromatic rings. The molecular weight excluding hydrogens is 270 g/mol. The largest absolute Gasteiger partial charge is 0.358 e. The zero-order chi connectivity index (χ0) is 14.7. The summed E-state index contributed by atoms with van der Waals surface area (Å²) in [7, 11) is 0. The van der Waals surface area contributed by atoms with Crippen molar-refractivity contribution in [2.45, 2.75) is 19.6 Å². The van der Waals surface area contributed by atoms with E-state index in [1.165, 1.54) is 10.9 Å². The summed E-state index contributed by atoms with van der Waals surface area (Å²) in [5, 5.41) is 6.76. The van der Waals surface area contributed by atoms with Crippen LogP contribution < -0.4 is 32.6 Å². The summed E-state index contributed by atoms with van der Waals surface area (Å²) in [6, 6.07) is 7.96. The van der Waals surface area contributed by atoms with Crippen molar-refractivity contribution in [2.75, 3.05) is 6.54 Å². The van der Waals surface area contributed by atoms with Crippen LogP contribution in [0.3, 0.4) is 0 Å². The Labute approximate surface area is 122 Å². The molecule has 1 aromatic carbocycles. The molecule has 1 saturated heterocycles. The van der Waals surface area contributed by atoms with Crippen LogP contribution in [0.5, 0.6) is 0 Å². The first-order valence-electron chi connectivity index (χ1n) is 6.85. The van der Waals surface area contributed by atoms with E-state index >= 15 is 0 Å². The smallest absolute Gasteiger partial charge is 0.317 e. The molecule has 112 valence electrons. The Morgan fingerprint density at radius 2 is 2.00 bits per heavy atom. The van der Waals surface area contributed by atoms with Crippen molar-refractivity contribution in [1.29, 1.82) is 0 Å². The molecule has 0 bridgehead atoms. The molecule has 0 spiro atoms. The molecule has 0 aliphatic carbocycles. The number of para-hydroxylation sites is 1. The quantitative estimate of drug-likeness (QED) is 0.419. The van der Waals surface area contributed by atoms with E-state index in [0.29, 0.717) is 6.54 Å². The number of urea groups is 1. The van der Waals surface area contributed by atoms with Gasteiger partial charge in [0.1, 0.15) is 0 Å². The Morgan fingerprint density at radius 3 is 2.81 bits per heavy atom. The predicted molar refractivity (Wildman–Crippen MR) is 79.6 cm³/mol. The van der Waals surface area contributed by atoms with Crippen LogP contribution in [0.15, 0.2) is 24.3 Å². The zero-order valence-electron chi connectivity index (χ0n) is 11.7. The topological polar surface area (TPSA) is 105 Å². The minimum Gasteiger partial charge on any atom is -0.358 e. The van der Waals surface area contributed by atoms with E-state index in [9.17, 15) is 4.79 Å². The molecular formula is C13H19N7O. The van der Waals surface area contributed by atoms with E-state index in [-0.39, 0.29) is 12.3 Å². The average Bonchev–Trinajstić information content (AvgIpc) is 3.07. The van der Waals surface area contributed by atoms with Gasteiger partial charge in [-0.3, -0.25) is 0 Å². The second-order valence-corrected chi connectivity index (χ2v) is 4.90. The molecule has 0 unspecified atom stereocenters.